The van der Waals surface area contributed by atoms with Gasteiger partial charge in [-0.2, -0.15) is 0 Å². The van der Waals surface area contributed by atoms with E-state index in [0.29, 0.717) is 6.21 Å². The van der Waals surface area contributed by atoms with Gasteiger partial charge in [-0.3, -0.25) is 9.59 Å². The Labute approximate surface area is 57.0 Å². The van der Waals surface area contributed by atoms with Crippen molar-refractivity contribution in [3.8, 4) is 0 Å². The molecule has 0 aromatic heterocycles. The zero-order valence-electron chi connectivity index (χ0n) is 5.15. The Balaban J connectivity index is 3.50. The van der Waals surface area contributed by atoms with Crippen LogP contribution in [0.1, 0.15) is 12.8 Å². The van der Waals surface area contributed by atoms with Crippen molar-refractivity contribution >= 4 is 18.0 Å². The van der Waals surface area contributed by atoms with Crippen LogP contribution in [0.25, 0.3) is 0 Å². The van der Waals surface area contributed by atoms with Crippen molar-refractivity contribution in [1.29, 1.82) is 0 Å². The number of hydrogen-bond donors (Lipinski definition) is 2. The van der Waals surface area contributed by atoms with Crippen molar-refractivity contribution in [2.45, 2.75) is 12.8 Å². The number of ketones is 1. The Morgan fingerprint density at radius 1 is 1.40 bits per heavy atom. The number of carboxylic acid groups (broad SMARTS) is 1. The molecule has 2 N–H and O–H groups in total. The van der Waals surface area contributed by atoms with Gasteiger partial charge in [-0.25, -0.2) is 0 Å². The zero-order valence-corrected chi connectivity index (χ0v) is 5.15. The minimum absolute atomic E-state index is 0.126. The maximum absolute atomic E-state index is 10.4. The fraction of sp³-hybridized carbons (Fsp3) is 0.400. The summed E-state index contributed by atoms with van der Waals surface area (Å²) < 4.78 is 0. The highest BCUT2D eigenvalue weighted by Crippen LogP contribution is 1.87. The summed E-state index contributed by atoms with van der Waals surface area (Å²) in [7, 11) is 0. The third-order valence-corrected chi connectivity index (χ3v) is 0.787. The minimum atomic E-state index is -1.04. The lowest BCUT2D eigenvalue weighted by atomic mass is 10.2. The highest BCUT2D eigenvalue weighted by Gasteiger charge is 2.01. The molecule has 0 rings (SSSR count). The minimum Gasteiger partial charge on any atom is -0.481 e. The standard InChI is InChI=1S/C5H7NO4/c7-4(3-6-10)1-2-5(8)9/h3,10H,1-2H2,(H,8,9)/b6-3+. The molecule has 0 aromatic rings. The molecule has 5 heteroatoms. The molecule has 0 radical (unpaired) electrons. The molecular formula is C5H7NO4. The van der Waals surface area contributed by atoms with Crippen LogP contribution in [0.3, 0.4) is 0 Å². The Bertz CT molecular complexity index is 163. The number of hydrogen-bond acceptors (Lipinski definition) is 4. The van der Waals surface area contributed by atoms with E-state index in [1.807, 2.05) is 0 Å². The second kappa shape index (κ2) is 4.49. The van der Waals surface area contributed by atoms with E-state index in [-0.39, 0.29) is 12.8 Å². The fourth-order valence-electron chi connectivity index (χ4n) is 0.359. The number of aliphatic carboxylic acids is 1. The van der Waals surface area contributed by atoms with Crippen LogP contribution in [-0.2, 0) is 9.59 Å². The van der Waals surface area contributed by atoms with Gasteiger partial charge in [0.05, 0.1) is 6.42 Å². The molecule has 0 saturated heterocycles. The molecule has 0 spiro atoms. The summed E-state index contributed by atoms with van der Waals surface area (Å²) in [6.07, 6.45) is 0.327. The van der Waals surface area contributed by atoms with Gasteiger partial charge >= 0.3 is 5.97 Å². The quantitative estimate of drug-likeness (QED) is 0.328. The molecule has 0 aliphatic rings. The van der Waals surface area contributed by atoms with E-state index in [0.717, 1.165) is 0 Å². The molecule has 56 valence electrons. The third kappa shape index (κ3) is 4.76. The number of rotatable bonds is 4. The molecular weight excluding hydrogens is 138 g/mol. The average Bonchev–Trinajstić information content (AvgIpc) is 1.85. The summed E-state index contributed by atoms with van der Waals surface area (Å²) >= 11 is 0. The first-order valence-electron chi connectivity index (χ1n) is 2.59. The van der Waals surface area contributed by atoms with E-state index < -0.39 is 11.8 Å². The molecule has 0 aliphatic carbocycles. The molecule has 0 heterocycles. The predicted molar refractivity (Wildman–Crippen MR) is 32.2 cm³/mol. The van der Waals surface area contributed by atoms with Crippen molar-refractivity contribution in [3.05, 3.63) is 0 Å². The molecule has 0 unspecified atom stereocenters. The monoisotopic (exact) mass is 145 g/mol. The van der Waals surface area contributed by atoms with E-state index in [9.17, 15) is 9.59 Å². The molecule has 0 bridgehead atoms. The molecule has 0 fully saturated rings. The lowest BCUT2D eigenvalue weighted by molar-refractivity contribution is -0.138. The van der Waals surface area contributed by atoms with Crippen LogP contribution in [0.4, 0.5) is 0 Å². The second-order valence-corrected chi connectivity index (χ2v) is 1.60. The molecule has 5 nitrogen and oxygen atoms in total. The maximum atomic E-state index is 10.4. The Morgan fingerprint density at radius 2 is 2.00 bits per heavy atom. The number of oxime groups is 1. The molecule has 10 heavy (non-hydrogen) atoms. The van der Waals surface area contributed by atoms with Crippen molar-refractivity contribution in [2.24, 2.45) is 5.16 Å². The number of carbonyl (C=O) groups is 2. The SMILES string of the molecule is O=C(O)CCC(=O)/C=N/O. The summed E-state index contributed by atoms with van der Waals surface area (Å²) in [4.78, 5) is 20.2. The normalized spacial score (nSPS) is 10.0. The summed E-state index contributed by atoms with van der Waals surface area (Å²) in [6, 6.07) is 0. The number of nitrogens with zero attached hydrogens (tertiary/aromatic N) is 1. The lowest BCUT2D eigenvalue weighted by Crippen LogP contribution is -2.03. The topological polar surface area (TPSA) is 87.0 Å². The van der Waals surface area contributed by atoms with Crippen LogP contribution >= 0.6 is 0 Å². The van der Waals surface area contributed by atoms with Crippen LogP contribution in [0.15, 0.2) is 5.16 Å². The van der Waals surface area contributed by atoms with Gasteiger partial charge in [-0.15, -0.1) is 0 Å². The van der Waals surface area contributed by atoms with Gasteiger partial charge in [0.25, 0.3) is 0 Å². The Kier molecular flexibility index (Phi) is 3.86. The van der Waals surface area contributed by atoms with E-state index in [4.69, 9.17) is 10.3 Å². The average molecular weight is 145 g/mol. The van der Waals surface area contributed by atoms with Crippen LogP contribution in [-0.4, -0.2) is 28.3 Å². The molecule has 0 aliphatic heterocycles. The van der Waals surface area contributed by atoms with Gasteiger partial charge in [-0.1, -0.05) is 5.16 Å². The van der Waals surface area contributed by atoms with Crippen LogP contribution in [0, 0.1) is 0 Å². The first-order valence-corrected chi connectivity index (χ1v) is 2.59. The molecule has 0 atom stereocenters. The summed E-state index contributed by atoms with van der Waals surface area (Å²) in [5.74, 6) is -1.54. The lowest BCUT2D eigenvalue weighted by Gasteiger charge is -1.87. The van der Waals surface area contributed by atoms with Crippen molar-refractivity contribution < 1.29 is 19.9 Å². The molecule has 0 saturated carbocycles. The first-order chi connectivity index (χ1) is 4.66. The smallest absolute Gasteiger partial charge is 0.303 e. The van der Waals surface area contributed by atoms with Gasteiger partial charge in [0.2, 0.25) is 0 Å². The summed E-state index contributed by atoms with van der Waals surface area (Å²) in [6.45, 7) is 0. The van der Waals surface area contributed by atoms with Crippen molar-refractivity contribution in [1.82, 2.24) is 0 Å². The van der Waals surface area contributed by atoms with Gasteiger partial charge in [0, 0.05) is 6.42 Å². The Morgan fingerprint density at radius 3 is 2.40 bits per heavy atom. The zero-order chi connectivity index (χ0) is 7.98. The van der Waals surface area contributed by atoms with Gasteiger partial charge in [0.15, 0.2) is 5.78 Å². The highest BCUT2D eigenvalue weighted by atomic mass is 16.4. The van der Waals surface area contributed by atoms with E-state index in [2.05, 4.69) is 5.16 Å². The largest absolute Gasteiger partial charge is 0.481 e. The van der Waals surface area contributed by atoms with Crippen molar-refractivity contribution in [2.75, 3.05) is 0 Å². The fourth-order valence-corrected chi connectivity index (χ4v) is 0.359. The van der Waals surface area contributed by atoms with Crippen LogP contribution in [0.2, 0.25) is 0 Å². The second-order valence-electron chi connectivity index (χ2n) is 1.60. The van der Waals surface area contributed by atoms with Gasteiger partial charge < -0.3 is 10.3 Å². The predicted octanol–water partition coefficient (Wildman–Crippen LogP) is -0.120. The maximum Gasteiger partial charge on any atom is 0.303 e. The number of carbonyl (C=O) groups excluding carboxylic acids is 1. The van der Waals surface area contributed by atoms with Crippen LogP contribution < -0.4 is 0 Å². The third-order valence-electron chi connectivity index (χ3n) is 0.787. The first kappa shape index (κ1) is 8.61. The van der Waals surface area contributed by atoms with E-state index in [1.165, 1.54) is 0 Å². The summed E-state index contributed by atoms with van der Waals surface area (Å²) in [5, 5.41) is 18.3. The number of Topliss-reactive ketones (excluding diaryl/α,β-unsaturated/α-hetero) is 1. The highest BCUT2D eigenvalue weighted by molar-refractivity contribution is 6.27. The van der Waals surface area contributed by atoms with E-state index in [1.54, 1.807) is 0 Å². The van der Waals surface area contributed by atoms with Gasteiger partial charge in [0.1, 0.15) is 6.21 Å². The van der Waals surface area contributed by atoms with Gasteiger partial charge in [-0.05, 0) is 0 Å². The molecule has 0 amide bonds. The van der Waals surface area contributed by atoms with Crippen molar-refractivity contribution in [3.63, 3.8) is 0 Å². The molecule has 0 aromatic carbocycles. The number of carboxylic acids is 1. The van der Waals surface area contributed by atoms with Crippen LogP contribution in [0.5, 0.6) is 0 Å². The van der Waals surface area contributed by atoms with E-state index >= 15 is 0 Å². The Hall–Kier alpha value is -1.39. The summed E-state index contributed by atoms with van der Waals surface area (Å²) in [5.41, 5.74) is 0.